The van der Waals surface area contributed by atoms with Gasteiger partial charge in [0.1, 0.15) is 5.82 Å². The van der Waals surface area contributed by atoms with E-state index in [4.69, 9.17) is 10.7 Å². The lowest BCUT2D eigenvalue weighted by Crippen LogP contribution is -2.20. The van der Waals surface area contributed by atoms with Gasteiger partial charge < -0.3 is 10.3 Å². The zero-order chi connectivity index (χ0) is 14.0. The number of nitrogens with two attached hydrogens (primary N) is 1. The molecule has 4 heteroatoms. The van der Waals surface area contributed by atoms with Crippen molar-refractivity contribution in [3.63, 3.8) is 0 Å². The molecule has 0 fully saturated rings. The largest absolute Gasteiger partial charge is 0.331 e. The van der Waals surface area contributed by atoms with Crippen molar-refractivity contribution in [2.45, 2.75) is 26.7 Å². The van der Waals surface area contributed by atoms with Crippen molar-refractivity contribution in [1.29, 1.82) is 0 Å². The van der Waals surface area contributed by atoms with E-state index in [9.17, 15) is 0 Å². The molecule has 19 heavy (non-hydrogen) atoms. The van der Waals surface area contributed by atoms with Crippen LogP contribution in [0.5, 0.6) is 0 Å². The van der Waals surface area contributed by atoms with Crippen LogP contribution in [0, 0.1) is 11.8 Å². The fourth-order valence-corrected chi connectivity index (χ4v) is 2.94. The molecule has 0 saturated heterocycles. The summed E-state index contributed by atoms with van der Waals surface area (Å²) in [6, 6.07) is 6.23. The lowest BCUT2D eigenvalue weighted by Gasteiger charge is -2.16. The molecule has 1 aromatic carbocycles. The van der Waals surface area contributed by atoms with Gasteiger partial charge in [0.2, 0.25) is 0 Å². The predicted molar refractivity (Wildman–Crippen MR) is 84.1 cm³/mol. The van der Waals surface area contributed by atoms with Gasteiger partial charge in [-0.25, -0.2) is 4.98 Å². The maximum Gasteiger partial charge on any atom is 0.109 e. The first kappa shape index (κ1) is 14.5. The van der Waals surface area contributed by atoms with Crippen molar-refractivity contribution < 1.29 is 0 Å². The van der Waals surface area contributed by atoms with Crippen LogP contribution in [0.1, 0.15) is 26.1 Å². The fraction of sp³-hybridized carbons (Fsp3) is 0.533. The maximum absolute atomic E-state index is 5.89. The van der Waals surface area contributed by atoms with Gasteiger partial charge in [-0.1, -0.05) is 29.8 Å². The lowest BCUT2D eigenvalue weighted by molar-refractivity contribution is 0.406. The number of halogens is 1. The van der Waals surface area contributed by atoms with E-state index in [-0.39, 0.29) is 0 Å². The molecule has 1 unspecified atom stereocenters. The van der Waals surface area contributed by atoms with Crippen molar-refractivity contribution in [1.82, 2.24) is 9.55 Å². The quantitative estimate of drug-likeness (QED) is 0.915. The number of benzene rings is 1. The Morgan fingerprint density at radius 3 is 2.74 bits per heavy atom. The highest BCUT2D eigenvalue weighted by atomic mass is 79.9. The number of fused-ring (bicyclic) bond motifs is 1. The van der Waals surface area contributed by atoms with E-state index in [1.165, 1.54) is 5.52 Å². The number of aromatic nitrogens is 2. The molecular weight excluding hydrogens is 302 g/mol. The highest BCUT2D eigenvalue weighted by molar-refractivity contribution is 9.10. The van der Waals surface area contributed by atoms with Crippen LogP contribution >= 0.6 is 15.9 Å². The first-order valence-corrected chi connectivity index (χ1v) is 7.61. The van der Waals surface area contributed by atoms with Gasteiger partial charge in [0, 0.05) is 17.9 Å². The van der Waals surface area contributed by atoms with Crippen LogP contribution < -0.4 is 5.73 Å². The molecule has 2 rings (SSSR count). The van der Waals surface area contributed by atoms with E-state index in [1.807, 2.05) is 0 Å². The summed E-state index contributed by atoms with van der Waals surface area (Å²) >= 11 is 3.49. The minimum Gasteiger partial charge on any atom is -0.331 e. The maximum atomic E-state index is 5.89. The molecule has 3 nitrogen and oxygen atoms in total. The number of aryl methyl sites for hydroxylation is 1. The zero-order valence-electron chi connectivity index (χ0n) is 11.9. The number of hydrogen-bond acceptors (Lipinski definition) is 2. The standard InChI is InChI=1S/C15H22BrN3/c1-10(2)6-11(9-17)7-15-18-13-8-12(16)4-5-14(13)19(15)3/h4-5,8,10-11H,6-7,9,17H2,1-3H3. The molecule has 2 N–H and O–H groups in total. The summed E-state index contributed by atoms with van der Waals surface area (Å²) in [7, 11) is 2.08. The third-order valence-corrected chi connectivity index (χ3v) is 4.04. The Morgan fingerprint density at radius 2 is 2.11 bits per heavy atom. The number of imidazole rings is 1. The van der Waals surface area contributed by atoms with Gasteiger partial charge in [-0.3, -0.25) is 0 Å². The molecule has 104 valence electrons. The number of hydrogen-bond donors (Lipinski definition) is 1. The molecule has 0 aliphatic rings. The van der Waals surface area contributed by atoms with Crippen molar-refractivity contribution in [2.75, 3.05) is 6.54 Å². The van der Waals surface area contributed by atoms with Crippen LogP contribution in [-0.4, -0.2) is 16.1 Å². The van der Waals surface area contributed by atoms with Gasteiger partial charge in [-0.05, 0) is 43.0 Å². The van der Waals surface area contributed by atoms with Gasteiger partial charge in [-0.2, -0.15) is 0 Å². The summed E-state index contributed by atoms with van der Waals surface area (Å²) in [5, 5.41) is 0. The second kappa shape index (κ2) is 6.06. The van der Waals surface area contributed by atoms with E-state index in [1.54, 1.807) is 0 Å². The average Bonchev–Trinajstić information content (AvgIpc) is 2.64. The Balaban J connectivity index is 2.27. The Morgan fingerprint density at radius 1 is 1.37 bits per heavy atom. The zero-order valence-corrected chi connectivity index (χ0v) is 13.4. The van der Waals surface area contributed by atoms with Gasteiger partial charge in [0.25, 0.3) is 0 Å². The van der Waals surface area contributed by atoms with Crippen LogP contribution in [-0.2, 0) is 13.5 Å². The average molecular weight is 324 g/mol. The monoisotopic (exact) mass is 323 g/mol. The summed E-state index contributed by atoms with van der Waals surface area (Å²) in [4.78, 5) is 4.75. The van der Waals surface area contributed by atoms with Gasteiger partial charge >= 0.3 is 0 Å². The molecule has 0 spiro atoms. The summed E-state index contributed by atoms with van der Waals surface area (Å²) in [5.41, 5.74) is 8.12. The van der Waals surface area contributed by atoms with E-state index in [0.717, 1.165) is 35.2 Å². The number of rotatable bonds is 5. The molecular formula is C15H22BrN3. The third-order valence-electron chi connectivity index (χ3n) is 3.54. The normalized spacial score (nSPS) is 13.4. The minimum absolute atomic E-state index is 0.513. The number of nitrogens with zero attached hydrogens (tertiary/aromatic N) is 2. The summed E-state index contributed by atoms with van der Waals surface area (Å²) < 4.78 is 3.26. The Kier molecular flexibility index (Phi) is 4.63. The predicted octanol–water partition coefficient (Wildman–Crippen LogP) is 3.50. The van der Waals surface area contributed by atoms with Crippen molar-refractivity contribution in [3.05, 3.63) is 28.5 Å². The summed E-state index contributed by atoms with van der Waals surface area (Å²) in [6.45, 7) is 5.22. The van der Waals surface area contributed by atoms with Gasteiger partial charge in [0.05, 0.1) is 11.0 Å². The van der Waals surface area contributed by atoms with Crippen LogP contribution in [0.25, 0.3) is 11.0 Å². The second-order valence-electron chi connectivity index (χ2n) is 5.66. The van der Waals surface area contributed by atoms with Gasteiger partial charge in [0.15, 0.2) is 0 Å². The molecule has 0 bridgehead atoms. The molecule has 0 aliphatic heterocycles. The van der Waals surface area contributed by atoms with E-state index < -0.39 is 0 Å². The Labute approximate surface area is 123 Å². The molecule has 1 aromatic heterocycles. The molecule has 2 aromatic rings. The van der Waals surface area contributed by atoms with Crippen LogP contribution in [0.15, 0.2) is 22.7 Å². The fourth-order valence-electron chi connectivity index (χ4n) is 2.59. The highest BCUT2D eigenvalue weighted by Gasteiger charge is 2.15. The van der Waals surface area contributed by atoms with E-state index in [0.29, 0.717) is 11.8 Å². The van der Waals surface area contributed by atoms with Crippen LogP contribution in [0.3, 0.4) is 0 Å². The third kappa shape index (κ3) is 3.37. The second-order valence-corrected chi connectivity index (χ2v) is 6.57. The molecule has 0 radical (unpaired) electrons. The van der Waals surface area contributed by atoms with Crippen LogP contribution in [0.2, 0.25) is 0 Å². The molecule has 1 atom stereocenters. The summed E-state index contributed by atoms with van der Waals surface area (Å²) in [6.07, 6.45) is 2.11. The smallest absolute Gasteiger partial charge is 0.109 e. The highest BCUT2D eigenvalue weighted by Crippen LogP contribution is 2.22. The molecule has 0 aliphatic carbocycles. The van der Waals surface area contributed by atoms with Crippen molar-refractivity contribution >= 4 is 27.0 Å². The molecule has 0 amide bonds. The SMILES string of the molecule is CC(C)CC(CN)Cc1nc2cc(Br)ccc2n1C. The minimum atomic E-state index is 0.513. The first-order valence-electron chi connectivity index (χ1n) is 6.82. The molecule has 0 saturated carbocycles. The van der Waals surface area contributed by atoms with Crippen molar-refractivity contribution in [2.24, 2.45) is 24.6 Å². The first-order chi connectivity index (χ1) is 9.01. The van der Waals surface area contributed by atoms with Crippen LogP contribution in [0.4, 0.5) is 0 Å². The molecule has 1 heterocycles. The topological polar surface area (TPSA) is 43.8 Å². The van der Waals surface area contributed by atoms with Gasteiger partial charge in [-0.15, -0.1) is 0 Å². The Hall–Kier alpha value is -0.870. The Bertz CT molecular complexity index is 560. The lowest BCUT2D eigenvalue weighted by atomic mass is 9.94. The summed E-state index contributed by atoms with van der Waals surface area (Å²) in [5.74, 6) is 2.32. The van der Waals surface area contributed by atoms with Crippen molar-refractivity contribution in [3.8, 4) is 0 Å². The van der Waals surface area contributed by atoms with E-state index >= 15 is 0 Å². The van der Waals surface area contributed by atoms with E-state index in [2.05, 4.69) is 59.6 Å².